The number of ether oxygens (including phenoxy) is 3. The lowest BCUT2D eigenvalue weighted by Gasteiger charge is -2.18. The van der Waals surface area contributed by atoms with E-state index in [0.29, 0.717) is 27.6 Å². The average molecular weight is 435 g/mol. The van der Waals surface area contributed by atoms with Gasteiger partial charge in [-0.05, 0) is 42.8 Å². The van der Waals surface area contributed by atoms with E-state index in [0.717, 1.165) is 5.56 Å². The fourth-order valence-electron chi connectivity index (χ4n) is 3.19. The Labute approximate surface area is 184 Å². The maximum absolute atomic E-state index is 12.7. The number of esters is 1. The van der Waals surface area contributed by atoms with E-state index in [2.05, 4.69) is 0 Å². The molecular formula is C25H19ClO5. The number of carbonyl (C=O) groups is 2. The van der Waals surface area contributed by atoms with Gasteiger partial charge >= 0.3 is 5.97 Å². The molecule has 1 heterocycles. The Kier molecular flexibility index (Phi) is 6.05. The first-order valence-corrected chi connectivity index (χ1v) is 10.1. The summed E-state index contributed by atoms with van der Waals surface area (Å²) >= 11 is 5.91. The third-order valence-corrected chi connectivity index (χ3v) is 4.92. The lowest BCUT2D eigenvalue weighted by Crippen LogP contribution is -2.21. The summed E-state index contributed by atoms with van der Waals surface area (Å²) in [5.74, 6) is 0.259. The lowest BCUT2D eigenvalue weighted by molar-refractivity contribution is -0.151. The highest BCUT2D eigenvalue weighted by atomic mass is 35.5. The van der Waals surface area contributed by atoms with Gasteiger partial charge in [-0.2, -0.15) is 0 Å². The molecule has 0 radical (unpaired) electrons. The average Bonchev–Trinajstić information content (AvgIpc) is 3.09. The molecule has 3 aromatic rings. The largest absolute Gasteiger partial charge is 0.474 e. The van der Waals surface area contributed by atoms with E-state index >= 15 is 0 Å². The predicted octanol–water partition coefficient (Wildman–Crippen LogP) is 5.64. The van der Waals surface area contributed by atoms with Gasteiger partial charge in [-0.3, -0.25) is 4.79 Å². The van der Waals surface area contributed by atoms with E-state index in [1.807, 2.05) is 18.2 Å². The molecule has 0 aliphatic carbocycles. The highest BCUT2D eigenvalue weighted by molar-refractivity contribution is 6.30. The number of benzene rings is 3. The summed E-state index contributed by atoms with van der Waals surface area (Å²) in [6.45, 7) is 1.98. The van der Waals surface area contributed by atoms with E-state index in [1.165, 1.54) is 0 Å². The predicted molar refractivity (Wildman–Crippen MR) is 117 cm³/mol. The van der Waals surface area contributed by atoms with Gasteiger partial charge in [0.25, 0.3) is 0 Å². The van der Waals surface area contributed by atoms with Crippen molar-refractivity contribution in [3.63, 3.8) is 0 Å². The fourth-order valence-corrected chi connectivity index (χ4v) is 3.31. The van der Waals surface area contributed by atoms with Gasteiger partial charge in [0.05, 0.1) is 12.2 Å². The van der Waals surface area contributed by atoms with Gasteiger partial charge in [-0.15, -0.1) is 0 Å². The first-order chi connectivity index (χ1) is 15.0. The molecule has 5 nitrogen and oxygen atoms in total. The minimum absolute atomic E-state index is 0.208. The molecule has 0 spiro atoms. The number of allylic oxidation sites excluding steroid dienone is 1. The van der Waals surface area contributed by atoms with Crippen LogP contribution in [0.15, 0.2) is 78.6 Å². The number of hydrogen-bond donors (Lipinski definition) is 0. The van der Waals surface area contributed by atoms with E-state index in [4.69, 9.17) is 25.8 Å². The van der Waals surface area contributed by atoms with Gasteiger partial charge in [-0.1, -0.05) is 54.1 Å². The van der Waals surface area contributed by atoms with Gasteiger partial charge in [0, 0.05) is 16.7 Å². The molecule has 1 atom stereocenters. The minimum atomic E-state index is -0.930. The van der Waals surface area contributed by atoms with E-state index in [1.54, 1.807) is 67.6 Å². The summed E-state index contributed by atoms with van der Waals surface area (Å²) in [7, 11) is 0. The number of ketones is 1. The zero-order valence-electron chi connectivity index (χ0n) is 16.7. The van der Waals surface area contributed by atoms with Crippen LogP contribution in [-0.4, -0.2) is 18.4 Å². The van der Waals surface area contributed by atoms with Gasteiger partial charge in [0.15, 0.2) is 5.76 Å². The van der Waals surface area contributed by atoms with Crippen LogP contribution in [0.2, 0.25) is 5.02 Å². The van der Waals surface area contributed by atoms with Crippen LogP contribution in [0.3, 0.4) is 0 Å². The molecule has 0 bridgehead atoms. The molecule has 1 aliphatic heterocycles. The number of halogens is 1. The second-order valence-electron chi connectivity index (χ2n) is 6.81. The van der Waals surface area contributed by atoms with Crippen molar-refractivity contribution in [2.45, 2.75) is 13.0 Å². The van der Waals surface area contributed by atoms with Gasteiger partial charge in [-0.25, -0.2) is 4.79 Å². The standard InChI is InChI=1S/C25H19ClO5/c1-2-29-25(28)24(17-6-4-3-5-7-17)30-19-12-13-20-21(15-19)31-22(23(20)27)14-16-8-10-18(26)11-9-16/h3-15,24H,2H2,1H3/b22-14-. The summed E-state index contributed by atoms with van der Waals surface area (Å²) in [6, 6.07) is 21.0. The highest BCUT2D eigenvalue weighted by Crippen LogP contribution is 2.36. The topological polar surface area (TPSA) is 61.8 Å². The molecule has 1 unspecified atom stereocenters. The van der Waals surface area contributed by atoms with E-state index < -0.39 is 12.1 Å². The summed E-state index contributed by atoms with van der Waals surface area (Å²) in [5.41, 5.74) is 1.89. The molecule has 4 rings (SSSR count). The van der Waals surface area contributed by atoms with Crippen molar-refractivity contribution in [1.82, 2.24) is 0 Å². The molecule has 0 aromatic heterocycles. The zero-order valence-corrected chi connectivity index (χ0v) is 17.5. The van der Waals surface area contributed by atoms with Crippen molar-refractivity contribution >= 4 is 29.4 Å². The maximum atomic E-state index is 12.7. The van der Waals surface area contributed by atoms with Gasteiger partial charge < -0.3 is 14.2 Å². The number of carbonyl (C=O) groups excluding carboxylic acids is 2. The Morgan fingerprint density at radius 2 is 1.81 bits per heavy atom. The van der Waals surface area contributed by atoms with Crippen LogP contribution >= 0.6 is 11.6 Å². The number of hydrogen-bond acceptors (Lipinski definition) is 5. The molecule has 0 fully saturated rings. The minimum Gasteiger partial charge on any atom is -0.474 e. The third-order valence-electron chi connectivity index (χ3n) is 4.67. The van der Waals surface area contributed by atoms with Crippen molar-refractivity contribution in [3.8, 4) is 11.5 Å². The summed E-state index contributed by atoms with van der Waals surface area (Å²) < 4.78 is 16.9. The molecule has 31 heavy (non-hydrogen) atoms. The number of fused-ring (bicyclic) bond motifs is 1. The van der Waals surface area contributed by atoms with Crippen molar-refractivity contribution in [2.75, 3.05) is 6.61 Å². The van der Waals surface area contributed by atoms with Gasteiger partial charge in [0.2, 0.25) is 11.9 Å². The Hall–Kier alpha value is -3.57. The highest BCUT2D eigenvalue weighted by Gasteiger charge is 2.29. The maximum Gasteiger partial charge on any atom is 0.352 e. The Morgan fingerprint density at radius 1 is 1.06 bits per heavy atom. The molecule has 6 heteroatoms. The van der Waals surface area contributed by atoms with Crippen LogP contribution < -0.4 is 9.47 Å². The van der Waals surface area contributed by atoms with Crippen molar-refractivity contribution < 1.29 is 23.8 Å². The summed E-state index contributed by atoms with van der Waals surface area (Å²) in [4.78, 5) is 25.1. The second-order valence-corrected chi connectivity index (χ2v) is 7.25. The third kappa shape index (κ3) is 4.62. The smallest absolute Gasteiger partial charge is 0.352 e. The molecule has 0 N–H and O–H groups in total. The molecule has 0 amide bonds. The van der Waals surface area contributed by atoms with Crippen molar-refractivity contribution in [2.24, 2.45) is 0 Å². The van der Waals surface area contributed by atoms with E-state index in [-0.39, 0.29) is 18.1 Å². The van der Waals surface area contributed by atoms with Crippen LogP contribution in [-0.2, 0) is 9.53 Å². The van der Waals surface area contributed by atoms with Crippen molar-refractivity contribution in [1.29, 1.82) is 0 Å². The number of rotatable bonds is 6. The molecule has 3 aromatic carbocycles. The van der Waals surface area contributed by atoms with Crippen LogP contribution in [0.1, 0.15) is 34.5 Å². The summed E-state index contributed by atoms with van der Waals surface area (Å²) in [5, 5.41) is 0.612. The first kappa shape index (κ1) is 20.7. The van der Waals surface area contributed by atoms with Crippen LogP contribution in [0.4, 0.5) is 0 Å². The number of Topliss-reactive ketones (excluding diaryl/α,β-unsaturated/α-hetero) is 1. The molecule has 1 aliphatic rings. The molecule has 0 saturated carbocycles. The lowest BCUT2D eigenvalue weighted by atomic mass is 10.1. The van der Waals surface area contributed by atoms with Crippen LogP contribution in [0.5, 0.6) is 11.5 Å². The van der Waals surface area contributed by atoms with Crippen LogP contribution in [0, 0.1) is 0 Å². The fraction of sp³-hybridized carbons (Fsp3) is 0.120. The van der Waals surface area contributed by atoms with Crippen LogP contribution in [0.25, 0.3) is 6.08 Å². The second kappa shape index (κ2) is 9.06. The van der Waals surface area contributed by atoms with E-state index in [9.17, 15) is 9.59 Å². The zero-order chi connectivity index (χ0) is 21.8. The normalized spacial score (nSPS) is 14.6. The summed E-state index contributed by atoms with van der Waals surface area (Å²) in [6.07, 6.45) is 0.727. The monoisotopic (exact) mass is 434 g/mol. The SMILES string of the molecule is CCOC(=O)C(Oc1ccc2c(c1)O/C(=C\c1ccc(Cl)cc1)C2=O)c1ccccc1. The Bertz CT molecular complexity index is 1140. The molecule has 0 saturated heterocycles. The van der Waals surface area contributed by atoms with Gasteiger partial charge in [0.1, 0.15) is 11.5 Å². The first-order valence-electron chi connectivity index (χ1n) is 9.77. The molecule has 156 valence electrons. The molecular weight excluding hydrogens is 416 g/mol. The quantitative estimate of drug-likeness (QED) is 0.371. The Balaban J connectivity index is 1.58. The Morgan fingerprint density at radius 3 is 2.52 bits per heavy atom. The van der Waals surface area contributed by atoms with Crippen molar-refractivity contribution in [3.05, 3.63) is 100 Å².